The van der Waals surface area contributed by atoms with E-state index in [1.807, 2.05) is 0 Å². The summed E-state index contributed by atoms with van der Waals surface area (Å²) in [5, 5.41) is 10.0. The van der Waals surface area contributed by atoms with Gasteiger partial charge in [-0.25, -0.2) is 0 Å². The third-order valence-electron chi connectivity index (χ3n) is 2.14. The number of hydrogen-bond acceptors (Lipinski definition) is 2. The Kier molecular flexibility index (Phi) is 4.64. The molecule has 4 heteroatoms. The van der Waals surface area contributed by atoms with Gasteiger partial charge in [-0.05, 0) is 25.0 Å². The van der Waals surface area contributed by atoms with E-state index >= 15 is 0 Å². The quantitative estimate of drug-likeness (QED) is 0.829. The van der Waals surface area contributed by atoms with Gasteiger partial charge in [0.15, 0.2) is 0 Å². The Hall–Kier alpha value is -0.510. The van der Waals surface area contributed by atoms with Gasteiger partial charge in [0.05, 0.1) is 5.02 Å². The van der Waals surface area contributed by atoms with Crippen LogP contribution in [0.15, 0.2) is 29.3 Å². The molecule has 0 amide bonds. The van der Waals surface area contributed by atoms with Crippen molar-refractivity contribution in [3.63, 3.8) is 0 Å². The Morgan fingerprint density at radius 3 is 2.87 bits per heavy atom. The van der Waals surface area contributed by atoms with Gasteiger partial charge in [-0.15, -0.1) is 6.58 Å². The van der Waals surface area contributed by atoms with Crippen LogP contribution in [0.3, 0.4) is 0 Å². The maximum Gasteiger partial charge on any atom is 0.139 e. The maximum absolute atomic E-state index is 9.73. The summed E-state index contributed by atoms with van der Waals surface area (Å²) in [6, 6.07) is 3.20. The second-order valence-electron chi connectivity index (χ2n) is 3.30. The molecule has 0 spiro atoms. The third-order valence-corrected chi connectivity index (χ3v) is 2.88. The molecule has 0 aliphatic heterocycles. The highest BCUT2D eigenvalue weighted by molar-refractivity contribution is 9.10. The fraction of sp³-hybridized carbons (Fsp3) is 0.273. The van der Waals surface area contributed by atoms with Crippen molar-refractivity contribution in [2.45, 2.75) is 18.9 Å². The molecule has 0 heterocycles. The van der Waals surface area contributed by atoms with Crippen molar-refractivity contribution in [1.82, 2.24) is 0 Å². The minimum atomic E-state index is -0.224. The average Bonchev–Trinajstić information content (AvgIpc) is 2.19. The van der Waals surface area contributed by atoms with Gasteiger partial charge in [0.1, 0.15) is 5.75 Å². The van der Waals surface area contributed by atoms with Crippen LogP contribution in [0.5, 0.6) is 5.75 Å². The Labute approximate surface area is 103 Å². The standard InChI is InChI=1S/C11H13BrClNO/c1-2-3-4-10(14)8-5-7(12)6-9(13)11(8)15/h2,5-6,10,15H,1,3-4,14H2/t10-/m1/s1. The molecule has 0 aliphatic carbocycles. The summed E-state index contributed by atoms with van der Waals surface area (Å²) in [7, 11) is 0. The minimum absolute atomic E-state index is 0.0661. The summed E-state index contributed by atoms with van der Waals surface area (Å²) in [6.07, 6.45) is 3.35. The zero-order chi connectivity index (χ0) is 11.4. The lowest BCUT2D eigenvalue weighted by Gasteiger charge is -2.14. The lowest BCUT2D eigenvalue weighted by Crippen LogP contribution is -2.10. The van der Waals surface area contributed by atoms with Crippen molar-refractivity contribution in [2.75, 3.05) is 0 Å². The Balaban J connectivity index is 2.96. The number of benzene rings is 1. The van der Waals surface area contributed by atoms with Crippen LogP contribution in [0.4, 0.5) is 0 Å². The van der Waals surface area contributed by atoms with Crippen LogP contribution in [0.2, 0.25) is 5.02 Å². The van der Waals surface area contributed by atoms with Gasteiger partial charge in [0, 0.05) is 16.1 Å². The minimum Gasteiger partial charge on any atom is -0.506 e. The maximum atomic E-state index is 9.73. The first-order chi connectivity index (χ1) is 7.06. The monoisotopic (exact) mass is 289 g/mol. The summed E-state index contributed by atoms with van der Waals surface area (Å²) in [6.45, 7) is 3.63. The molecule has 0 unspecified atom stereocenters. The van der Waals surface area contributed by atoms with E-state index < -0.39 is 0 Å². The SMILES string of the molecule is C=CCC[C@@H](N)c1cc(Br)cc(Cl)c1O. The normalized spacial score (nSPS) is 12.5. The van der Waals surface area contributed by atoms with Gasteiger partial charge in [-0.1, -0.05) is 33.6 Å². The predicted molar refractivity (Wildman–Crippen MR) is 67.2 cm³/mol. The van der Waals surface area contributed by atoms with Crippen LogP contribution in [-0.4, -0.2) is 5.11 Å². The molecule has 0 radical (unpaired) electrons. The van der Waals surface area contributed by atoms with Crippen molar-refractivity contribution in [1.29, 1.82) is 0 Å². The molecule has 2 nitrogen and oxygen atoms in total. The highest BCUT2D eigenvalue weighted by atomic mass is 79.9. The van der Waals surface area contributed by atoms with E-state index in [4.69, 9.17) is 17.3 Å². The second kappa shape index (κ2) is 5.54. The molecule has 3 N–H and O–H groups in total. The number of nitrogens with two attached hydrogens (primary N) is 1. The molecule has 15 heavy (non-hydrogen) atoms. The summed E-state index contributed by atoms with van der Waals surface area (Å²) >= 11 is 9.15. The fourth-order valence-corrected chi connectivity index (χ4v) is 2.16. The molecule has 0 saturated heterocycles. The van der Waals surface area contributed by atoms with E-state index in [0.29, 0.717) is 10.6 Å². The smallest absolute Gasteiger partial charge is 0.139 e. The summed E-state index contributed by atoms with van der Waals surface area (Å²) in [4.78, 5) is 0. The molecule has 1 aromatic rings. The molecular weight excluding hydrogens is 277 g/mol. The summed E-state index contributed by atoms with van der Waals surface area (Å²) < 4.78 is 0.814. The molecule has 0 aliphatic rings. The molecular formula is C11H13BrClNO. The zero-order valence-electron chi connectivity index (χ0n) is 8.21. The molecule has 1 rings (SSSR count). The number of hydrogen-bond donors (Lipinski definition) is 2. The summed E-state index contributed by atoms with van der Waals surface area (Å²) in [5.41, 5.74) is 6.60. The molecule has 1 aromatic carbocycles. The van der Waals surface area contributed by atoms with E-state index in [1.54, 1.807) is 18.2 Å². The van der Waals surface area contributed by atoms with Crippen LogP contribution in [0, 0.1) is 0 Å². The van der Waals surface area contributed by atoms with E-state index in [1.165, 1.54) is 0 Å². The van der Waals surface area contributed by atoms with Crippen LogP contribution in [0.25, 0.3) is 0 Å². The van der Waals surface area contributed by atoms with Gasteiger partial charge in [-0.3, -0.25) is 0 Å². The average molecular weight is 291 g/mol. The topological polar surface area (TPSA) is 46.2 Å². The number of phenolic OH excluding ortho intramolecular Hbond substituents is 1. The van der Waals surface area contributed by atoms with Crippen LogP contribution < -0.4 is 5.73 Å². The lowest BCUT2D eigenvalue weighted by atomic mass is 10.0. The zero-order valence-corrected chi connectivity index (χ0v) is 10.6. The molecule has 0 bridgehead atoms. The molecule has 1 atom stereocenters. The van der Waals surface area contributed by atoms with Gasteiger partial charge in [0.25, 0.3) is 0 Å². The van der Waals surface area contributed by atoms with Crippen LogP contribution in [0.1, 0.15) is 24.4 Å². The molecule has 0 aromatic heterocycles. The first-order valence-corrected chi connectivity index (χ1v) is 5.77. The third kappa shape index (κ3) is 3.23. The number of phenols is 1. The van der Waals surface area contributed by atoms with Crippen LogP contribution >= 0.6 is 27.5 Å². The van der Waals surface area contributed by atoms with Crippen molar-refractivity contribution >= 4 is 27.5 Å². The van der Waals surface area contributed by atoms with Crippen molar-refractivity contribution < 1.29 is 5.11 Å². The second-order valence-corrected chi connectivity index (χ2v) is 4.62. The molecule has 0 fully saturated rings. The van der Waals surface area contributed by atoms with Gasteiger partial charge >= 0.3 is 0 Å². The van der Waals surface area contributed by atoms with Crippen LogP contribution in [-0.2, 0) is 0 Å². The highest BCUT2D eigenvalue weighted by Crippen LogP contribution is 2.35. The van der Waals surface area contributed by atoms with E-state index in [-0.39, 0.29) is 11.8 Å². The van der Waals surface area contributed by atoms with E-state index in [2.05, 4.69) is 22.5 Å². The largest absolute Gasteiger partial charge is 0.506 e. The Morgan fingerprint density at radius 2 is 2.27 bits per heavy atom. The fourth-order valence-electron chi connectivity index (χ4n) is 1.32. The van der Waals surface area contributed by atoms with Gasteiger partial charge in [0.2, 0.25) is 0 Å². The first kappa shape index (κ1) is 12.6. The Bertz CT molecular complexity index is 368. The highest BCUT2D eigenvalue weighted by Gasteiger charge is 2.13. The van der Waals surface area contributed by atoms with Crippen molar-refractivity contribution in [2.24, 2.45) is 5.73 Å². The Morgan fingerprint density at radius 1 is 1.60 bits per heavy atom. The van der Waals surface area contributed by atoms with Gasteiger partial charge in [-0.2, -0.15) is 0 Å². The predicted octanol–water partition coefficient (Wildman–Crippen LogP) is 3.77. The lowest BCUT2D eigenvalue weighted by molar-refractivity contribution is 0.459. The number of aromatic hydroxyl groups is 1. The molecule has 82 valence electrons. The number of allylic oxidation sites excluding steroid dienone is 1. The molecule has 0 saturated carbocycles. The number of halogens is 2. The van der Waals surface area contributed by atoms with E-state index in [0.717, 1.165) is 17.3 Å². The van der Waals surface area contributed by atoms with Crippen molar-refractivity contribution in [3.05, 3.63) is 39.8 Å². The number of rotatable bonds is 4. The van der Waals surface area contributed by atoms with Gasteiger partial charge < -0.3 is 10.8 Å². The summed E-state index contributed by atoms with van der Waals surface area (Å²) in [5.74, 6) is 0.0661. The van der Waals surface area contributed by atoms with E-state index in [9.17, 15) is 5.11 Å². The van der Waals surface area contributed by atoms with Crippen molar-refractivity contribution in [3.8, 4) is 5.75 Å². The first-order valence-electron chi connectivity index (χ1n) is 4.60.